The predicted octanol–water partition coefficient (Wildman–Crippen LogP) is 3.98. The highest BCUT2D eigenvalue weighted by molar-refractivity contribution is 6.39. The molecule has 136 valence electrons. The van der Waals surface area contributed by atoms with E-state index >= 15 is 0 Å². The van der Waals surface area contributed by atoms with Gasteiger partial charge in [0, 0.05) is 18.3 Å². The van der Waals surface area contributed by atoms with Gasteiger partial charge in [0.2, 0.25) is 0 Å². The van der Waals surface area contributed by atoms with Crippen LogP contribution in [0.5, 0.6) is 0 Å². The van der Waals surface area contributed by atoms with Gasteiger partial charge in [-0.15, -0.1) is 0 Å². The number of hydrogen-bond donors (Lipinski definition) is 1. The molecule has 0 radical (unpaired) electrons. The monoisotopic (exact) mass is 342 g/mol. The van der Waals surface area contributed by atoms with Gasteiger partial charge in [0.15, 0.2) is 0 Å². The highest BCUT2D eigenvalue weighted by atomic mass is 16.2. The molecule has 1 aromatic rings. The summed E-state index contributed by atoms with van der Waals surface area (Å²) in [5.41, 5.74) is 4.27. The van der Waals surface area contributed by atoms with Gasteiger partial charge >= 0.3 is 11.8 Å². The van der Waals surface area contributed by atoms with Crippen LogP contribution in [0.2, 0.25) is 0 Å². The maximum atomic E-state index is 12.8. The number of rotatable bonds is 1. The number of hydrogen-bond acceptors (Lipinski definition) is 2. The summed E-state index contributed by atoms with van der Waals surface area (Å²) in [7, 11) is 0. The molecule has 0 spiro atoms. The topological polar surface area (TPSA) is 49.4 Å². The van der Waals surface area contributed by atoms with Crippen molar-refractivity contribution in [2.45, 2.75) is 66.8 Å². The third kappa shape index (κ3) is 3.44. The predicted molar refractivity (Wildman–Crippen MR) is 101 cm³/mol. The van der Waals surface area contributed by atoms with Crippen molar-refractivity contribution in [2.75, 3.05) is 11.9 Å². The summed E-state index contributed by atoms with van der Waals surface area (Å²) in [6.07, 6.45) is 3.10. The number of likely N-dealkylation sites (tertiary alicyclic amines) is 1. The first kappa shape index (κ1) is 18.0. The van der Waals surface area contributed by atoms with Crippen molar-refractivity contribution in [1.82, 2.24) is 4.90 Å². The zero-order valence-electron chi connectivity index (χ0n) is 16.3. The second kappa shape index (κ2) is 5.86. The Hall–Kier alpha value is -1.84. The summed E-state index contributed by atoms with van der Waals surface area (Å²) < 4.78 is 0. The van der Waals surface area contributed by atoms with Crippen molar-refractivity contribution in [2.24, 2.45) is 10.8 Å². The van der Waals surface area contributed by atoms with Crippen molar-refractivity contribution in [1.29, 1.82) is 0 Å². The molecule has 3 rings (SSSR count). The second-order valence-corrected chi connectivity index (χ2v) is 9.37. The molecule has 2 atom stereocenters. The van der Waals surface area contributed by atoms with Gasteiger partial charge in [0.25, 0.3) is 0 Å². The van der Waals surface area contributed by atoms with Crippen molar-refractivity contribution in [3.8, 4) is 0 Å². The van der Waals surface area contributed by atoms with E-state index < -0.39 is 5.91 Å². The van der Waals surface area contributed by atoms with E-state index in [4.69, 9.17) is 0 Å². The van der Waals surface area contributed by atoms with E-state index in [9.17, 15) is 9.59 Å². The summed E-state index contributed by atoms with van der Waals surface area (Å²) in [6, 6.07) is 4.24. The first-order valence-corrected chi connectivity index (χ1v) is 9.20. The molecule has 0 aromatic heterocycles. The maximum Gasteiger partial charge on any atom is 0.313 e. The summed E-state index contributed by atoms with van der Waals surface area (Å²) in [6.45, 7) is 13.4. The molecular formula is C21H30N2O2. The SMILES string of the molecule is Cc1cc(C)c(NC(=O)C(=O)N2CC3(C)CC2CC(C)(C)C3)c(C)c1. The molecule has 1 aliphatic heterocycles. The highest BCUT2D eigenvalue weighted by Crippen LogP contribution is 2.52. The van der Waals surface area contributed by atoms with Crippen LogP contribution in [0.1, 0.15) is 56.7 Å². The number of aryl methyl sites for hydroxylation is 3. The second-order valence-electron chi connectivity index (χ2n) is 9.37. The maximum absolute atomic E-state index is 12.8. The molecular weight excluding hydrogens is 312 g/mol. The number of carbonyl (C=O) groups excluding carboxylic acids is 2. The molecule has 2 bridgehead atoms. The molecule has 1 heterocycles. The average molecular weight is 342 g/mol. The van der Waals surface area contributed by atoms with Gasteiger partial charge in [-0.25, -0.2) is 0 Å². The lowest BCUT2D eigenvalue weighted by Crippen LogP contribution is -2.43. The molecule has 2 aliphatic rings. The number of nitrogens with zero attached hydrogens (tertiary/aromatic N) is 1. The minimum atomic E-state index is -0.510. The summed E-state index contributed by atoms with van der Waals surface area (Å²) >= 11 is 0. The van der Waals surface area contributed by atoms with E-state index in [0.717, 1.165) is 41.6 Å². The Morgan fingerprint density at radius 3 is 2.28 bits per heavy atom. The lowest BCUT2D eigenvalue weighted by molar-refractivity contribution is -0.144. The molecule has 2 amide bonds. The summed E-state index contributed by atoms with van der Waals surface area (Å²) in [5, 5.41) is 2.87. The summed E-state index contributed by atoms with van der Waals surface area (Å²) in [4.78, 5) is 27.3. The van der Waals surface area contributed by atoms with Crippen molar-refractivity contribution in [3.05, 3.63) is 28.8 Å². The van der Waals surface area contributed by atoms with Crippen LogP contribution in [0.25, 0.3) is 0 Å². The third-order valence-corrected chi connectivity index (χ3v) is 5.79. The number of nitrogens with one attached hydrogen (secondary N) is 1. The number of amides is 2. The lowest BCUT2D eigenvalue weighted by Gasteiger charge is -2.39. The van der Waals surface area contributed by atoms with E-state index in [1.807, 2.05) is 37.8 Å². The van der Waals surface area contributed by atoms with E-state index in [0.29, 0.717) is 6.54 Å². The molecule has 25 heavy (non-hydrogen) atoms. The Kier molecular flexibility index (Phi) is 4.21. The number of fused-ring (bicyclic) bond motifs is 2. The fourth-order valence-electron chi connectivity index (χ4n) is 5.37. The van der Waals surface area contributed by atoms with E-state index in [-0.39, 0.29) is 22.8 Å². The van der Waals surface area contributed by atoms with E-state index in [1.165, 1.54) is 0 Å². The van der Waals surface area contributed by atoms with E-state index in [1.54, 1.807) is 0 Å². The molecule has 2 unspecified atom stereocenters. The summed E-state index contributed by atoms with van der Waals surface area (Å²) in [5.74, 6) is -0.894. The first-order chi connectivity index (χ1) is 11.5. The van der Waals surface area contributed by atoms with Gasteiger partial charge in [-0.05, 0) is 62.0 Å². The van der Waals surface area contributed by atoms with Gasteiger partial charge in [0.05, 0.1) is 0 Å². The fourth-order valence-corrected chi connectivity index (χ4v) is 5.37. The molecule has 2 fully saturated rings. The molecule has 4 nitrogen and oxygen atoms in total. The van der Waals surface area contributed by atoms with Gasteiger partial charge < -0.3 is 10.2 Å². The Morgan fingerprint density at radius 2 is 1.68 bits per heavy atom. The van der Waals surface area contributed by atoms with Crippen molar-refractivity contribution in [3.63, 3.8) is 0 Å². The quantitative estimate of drug-likeness (QED) is 0.785. The fraction of sp³-hybridized carbons (Fsp3) is 0.619. The standard InChI is InChI=1S/C21H30N2O2/c1-13-7-14(2)17(15(3)8-13)22-18(24)19(25)23-12-21(6)10-16(23)9-20(4,5)11-21/h7-8,16H,9-12H2,1-6H3,(H,22,24). The van der Waals surface area contributed by atoms with Crippen LogP contribution in [0.3, 0.4) is 0 Å². The number of benzene rings is 1. The van der Waals surface area contributed by atoms with Crippen LogP contribution in [0.15, 0.2) is 12.1 Å². The minimum Gasteiger partial charge on any atom is -0.331 e. The first-order valence-electron chi connectivity index (χ1n) is 9.20. The minimum absolute atomic E-state index is 0.137. The van der Waals surface area contributed by atoms with Crippen LogP contribution < -0.4 is 5.32 Å². The Balaban J connectivity index is 1.77. The molecule has 1 aliphatic carbocycles. The van der Waals surface area contributed by atoms with Crippen molar-refractivity contribution >= 4 is 17.5 Å². The molecule has 1 saturated heterocycles. The largest absolute Gasteiger partial charge is 0.331 e. The number of anilines is 1. The van der Waals surface area contributed by atoms with E-state index in [2.05, 4.69) is 26.1 Å². The smallest absolute Gasteiger partial charge is 0.313 e. The zero-order chi connectivity index (χ0) is 18.6. The van der Waals surface area contributed by atoms with Gasteiger partial charge in [0.1, 0.15) is 0 Å². The van der Waals surface area contributed by atoms with Crippen LogP contribution in [0.4, 0.5) is 5.69 Å². The zero-order valence-corrected chi connectivity index (χ0v) is 16.3. The molecule has 1 N–H and O–H groups in total. The van der Waals surface area contributed by atoms with Gasteiger partial charge in [-0.2, -0.15) is 0 Å². The Labute approximate surface area is 151 Å². The van der Waals surface area contributed by atoms with Crippen LogP contribution >= 0.6 is 0 Å². The molecule has 1 saturated carbocycles. The van der Waals surface area contributed by atoms with Crippen molar-refractivity contribution < 1.29 is 9.59 Å². The van der Waals surface area contributed by atoms with Gasteiger partial charge in [-0.3, -0.25) is 9.59 Å². The Morgan fingerprint density at radius 1 is 1.08 bits per heavy atom. The molecule has 1 aromatic carbocycles. The highest BCUT2D eigenvalue weighted by Gasteiger charge is 2.51. The average Bonchev–Trinajstić information content (AvgIpc) is 2.70. The van der Waals surface area contributed by atoms with Crippen LogP contribution in [-0.4, -0.2) is 29.3 Å². The van der Waals surface area contributed by atoms with Gasteiger partial charge in [-0.1, -0.05) is 38.5 Å². The Bertz CT molecular complexity index is 714. The van der Waals surface area contributed by atoms with Crippen LogP contribution in [-0.2, 0) is 9.59 Å². The third-order valence-electron chi connectivity index (χ3n) is 5.79. The van der Waals surface area contributed by atoms with Crippen LogP contribution in [0, 0.1) is 31.6 Å². The number of carbonyl (C=O) groups is 2. The normalized spacial score (nSPS) is 27.3. The lowest BCUT2D eigenvalue weighted by atomic mass is 9.65. The molecule has 4 heteroatoms.